The minimum atomic E-state index is -1.06. The predicted octanol–water partition coefficient (Wildman–Crippen LogP) is 2.34. The van der Waals surface area contributed by atoms with Crippen LogP contribution < -0.4 is 10.1 Å². The molecule has 11 nitrogen and oxygen atoms in total. The Kier molecular flexibility index (Phi) is 8.57. The van der Waals surface area contributed by atoms with E-state index in [1.54, 1.807) is 10.7 Å². The number of nitrogens with one attached hydrogen (secondary N) is 1. The molecular weight excluding hydrogens is 480 g/mol. The van der Waals surface area contributed by atoms with Crippen LogP contribution in [0.1, 0.15) is 45.6 Å². The van der Waals surface area contributed by atoms with Gasteiger partial charge in [-0.1, -0.05) is 12.1 Å². The summed E-state index contributed by atoms with van der Waals surface area (Å²) < 4.78 is 17.1. The third kappa shape index (κ3) is 6.94. The third-order valence-corrected chi connectivity index (χ3v) is 6.79. The summed E-state index contributed by atoms with van der Waals surface area (Å²) in [7, 11) is 0. The van der Waals surface area contributed by atoms with Gasteiger partial charge in [0.25, 0.3) is 0 Å². The summed E-state index contributed by atoms with van der Waals surface area (Å²) in [6.07, 6.45) is 3.71. The molecule has 2 saturated heterocycles. The molecule has 2 aromatic rings. The first-order chi connectivity index (χ1) is 17.7. The average Bonchev–Trinajstić information content (AvgIpc) is 3.26. The molecule has 0 aliphatic carbocycles. The normalized spacial score (nSPS) is 18.8. The predicted molar refractivity (Wildman–Crippen MR) is 134 cm³/mol. The van der Waals surface area contributed by atoms with Gasteiger partial charge in [-0.3, -0.25) is 4.90 Å². The van der Waals surface area contributed by atoms with Crippen LogP contribution in [0.5, 0.6) is 5.88 Å². The fourth-order valence-electron chi connectivity index (χ4n) is 4.67. The minimum absolute atomic E-state index is 0.0290. The number of fused-ring (bicyclic) bond motifs is 1. The number of rotatable bonds is 7. The molecule has 3 heterocycles. The van der Waals surface area contributed by atoms with Gasteiger partial charge < -0.3 is 24.6 Å². The zero-order valence-electron chi connectivity index (χ0n) is 21.2. The Balaban J connectivity index is 1.22. The Hall–Kier alpha value is -3.28. The number of likely N-dealkylation sites (tertiary alicyclic amines) is 1. The van der Waals surface area contributed by atoms with Crippen molar-refractivity contribution in [2.24, 2.45) is 0 Å². The number of hydrogen-bond acceptors (Lipinski definition) is 9. The molecule has 1 aromatic carbocycles. The monoisotopic (exact) mass is 514 g/mol. The summed E-state index contributed by atoms with van der Waals surface area (Å²) in [6.45, 7) is 6.76. The fraction of sp³-hybridized carbons (Fsp3) is 0.538. The molecule has 11 heteroatoms. The van der Waals surface area contributed by atoms with E-state index < -0.39 is 23.6 Å². The summed E-state index contributed by atoms with van der Waals surface area (Å²) >= 11 is 0. The second kappa shape index (κ2) is 11.8. The molecule has 0 unspecified atom stereocenters. The number of alkyl carbamates (subject to hydrolysis) is 1. The van der Waals surface area contributed by atoms with Crippen molar-refractivity contribution < 1.29 is 33.7 Å². The van der Waals surface area contributed by atoms with E-state index in [-0.39, 0.29) is 18.5 Å². The Morgan fingerprint density at radius 1 is 1.16 bits per heavy atom. The number of hydrogen-bond donors (Lipinski definition) is 2. The summed E-state index contributed by atoms with van der Waals surface area (Å²) in [5.41, 5.74) is -0.388. The zero-order valence-corrected chi connectivity index (χ0v) is 21.2. The molecule has 4 rings (SSSR count). The SMILES string of the molecule is CC(C)n1nc2ccccc2c1OC(=O)/C=C/C(=O)OC(=O)NCC1(O)CCN(C2CCOCC2)CC1. The molecule has 2 N–H and O–H groups in total. The largest absolute Gasteiger partial charge is 0.415 e. The number of carbonyl (C=O) groups excluding carboxylic acids is 3. The lowest BCUT2D eigenvalue weighted by atomic mass is 9.89. The molecule has 2 fully saturated rings. The van der Waals surface area contributed by atoms with Gasteiger partial charge in [0, 0.05) is 51.0 Å². The highest BCUT2D eigenvalue weighted by Crippen LogP contribution is 2.29. The molecule has 2 aliphatic heterocycles. The van der Waals surface area contributed by atoms with E-state index in [1.165, 1.54) is 0 Å². The molecule has 37 heavy (non-hydrogen) atoms. The van der Waals surface area contributed by atoms with Gasteiger partial charge in [0.2, 0.25) is 5.88 Å². The number of aromatic nitrogens is 2. The fourth-order valence-corrected chi connectivity index (χ4v) is 4.67. The Bertz CT molecular complexity index is 1140. The van der Waals surface area contributed by atoms with Crippen molar-refractivity contribution in [2.45, 2.75) is 57.2 Å². The second-order valence-corrected chi connectivity index (χ2v) is 9.78. The van der Waals surface area contributed by atoms with Gasteiger partial charge in [0.15, 0.2) is 0 Å². The molecule has 0 bridgehead atoms. The lowest BCUT2D eigenvalue weighted by Gasteiger charge is -2.42. The smallest absolute Gasteiger partial charge is 0.404 e. The Morgan fingerprint density at radius 2 is 1.84 bits per heavy atom. The Morgan fingerprint density at radius 3 is 2.54 bits per heavy atom. The highest BCUT2D eigenvalue weighted by molar-refractivity contribution is 5.97. The van der Waals surface area contributed by atoms with Gasteiger partial charge in [-0.15, -0.1) is 0 Å². The topological polar surface area (TPSA) is 132 Å². The number of esters is 2. The van der Waals surface area contributed by atoms with Crippen LogP contribution in [0.4, 0.5) is 4.79 Å². The van der Waals surface area contributed by atoms with Crippen molar-refractivity contribution in [3.05, 3.63) is 36.4 Å². The van der Waals surface area contributed by atoms with Crippen molar-refractivity contribution in [2.75, 3.05) is 32.8 Å². The standard InChI is InChI=1S/C26H34N4O7/c1-18(2)30-24(20-5-3-4-6-21(20)28-30)36-22(31)7-8-23(32)37-25(33)27-17-26(34)11-13-29(14-12-26)19-9-15-35-16-10-19/h3-8,18-19,34H,9-17H2,1-2H3,(H,27,33)/b8-7+. The van der Waals surface area contributed by atoms with Crippen LogP contribution in [0, 0.1) is 0 Å². The van der Waals surface area contributed by atoms with Crippen LogP contribution in [-0.2, 0) is 19.1 Å². The van der Waals surface area contributed by atoms with Crippen LogP contribution in [-0.4, -0.2) is 82.3 Å². The quantitative estimate of drug-likeness (QED) is 0.325. The molecule has 1 amide bonds. The average molecular weight is 515 g/mol. The van der Waals surface area contributed by atoms with Crippen LogP contribution in [0.15, 0.2) is 36.4 Å². The van der Waals surface area contributed by atoms with Gasteiger partial charge in [-0.25, -0.2) is 19.1 Å². The maximum Gasteiger partial charge on any atom is 0.415 e. The number of aliphatic hydroxyl groups is 1. The van der Waals surface area contributed by atoms with Gasteiger partial charge in [0.1, 0.15) is 0 Å². The number of amides is 1. The molecule has 0 spiro atoms. The highest BCUT2D eigenvalue weighted by atomic mass is 16.6. The molecule has 1 aromatic heterocycles. The lowest BCUT2D eigenvalue weighted by Crippen LogP contribution is -2.53. The first kappa shape index (κ1) is 26.8. The van der Waals surface area contributed by atoms with Crippen LogP contribution >= 0.6 is 0 Å². The zero-order chi connectivity index (χ0) is 26.4. The number of ether oxygens (including phenoxy) is 3. The molecule has 200 valence electrons. The second-order valence-electron chi connectivity index (χ2n) is 9.78. The maximum atomic E-state index is 12.3. The summed E-state index contributed by atoms with van der Waals surface area (Å²) in [5.74, 6) is -1.57. The molecule has 0 atom stereocenters. The third-order valence-electron chi connectivity index (χ3n) is 6.79. The summed E-state index contributed by atoms with van der Waals surface area (Å²) in [6, 6.07) is 7.65. The van der Waals surface area contributed by atoms with Crippen molar-refractivity contribution in [3.63, 3.8) is 0 Å². The first-order valence-electron chi connectivity index (χ1n) is 12.6. The van der Waals surface area contributed by atoms with E-state index in [0.29, 0.717) is 29.8 Å². The van der Waals surface area contributed by atoms with Crippen molar-refractivity contribution >= 4 is 28.9 Å². The highest BCUT2D eigenvalue weighted by Gasteiger charge is 2.35. The number of nitrogens with zero attached hydrogens (tertiary/aromatic N) is 3. The number of benzene rings is 1. The van der Waals surface area contributed by atoms with Gasteiger partial charge in [0.05, 0.1) is 22.5 Å². The van der Waals surface area contributed by atoms with Crippen molar-refractivity contribution in [1.82, 2.24) is 20.0 Å². The van der Waals surface area contributed by atoms with Crippen LogP contribution in [0.3, 0.4) is 0 Å². The van der Waals surface area contributed by atoms with E-state index in [1.807, 2.05) is 32.0 Å². The van der Waals surface area contributed by atoms with E-state index >= 15 is 0 Å². The van der Waals surface area contributed by atoms with Gasteiger partial charge >= 0.3 is 18.0 Å². The van der Waals surface area contributed by atoms with E-state index in [0.717, 1.165) is 51.3 Å². The van der Waals surface area contributed by atoms with Crippen LogP contribution in [0.25, 0.3) is 10.9 Å². The number of piperidine rings is 1. The maximum absolute atomic E-state index is 12.3. The molecule has 0 radical (unpaired) electrons. The molecule has 0 saturated carbocycles. The van der Waals surface area contributed by atoms with E-state index in [2.05, 4.69) is 20.1 Å². The minimum Gasteiger partial charge on any atom is -0.404 e. The van der Waals surface area contributed by atoms with Gasteiger partial charge in [-0.05, 0) is 51.7 Å². The molecular formula is C26H34N4O7. The Labute approximate surface area is 215 Å². The number of carbonyl (C=O) groups is 3. The van der Waals surface area contributed by atoms with E-state index in [4.69, 9.17) is 9.47 Å². The van der Waals surface area contributed by atoms with Crippen molar-refractivity contribution in [3.8, 4) is 5.88 Å². The van der Waals surface area contributed by atoms with E-state index in [9.17, 15) is 19.5 Å². The first-order valence-corrected chi connectivity index (χ1v) is 12.6. The summed E-state index contributed by atoms with van der Waals surface area (Å²) in [4.78, 5) is 38.8. The lowest BCUT2D eigenvalue weighted by molar-refractivity contribution is -0.133. The summed E-state index contributed by atoms with van der Waals surface area (Å²) in [5, 5.41) is 18.4. The van der Waals surface area contributed by atoms with Crippen molar-refractivity contribution in [1.29, 1.82) is 0 Å². The molecule has 2 aliphatic rings. The van der Waals surface area contributed by atoms with Gasteiger partial charge in [-0.2, -0.15) is 5.10 Å². The van der Waals surface area contributed by atoms with Crippen LogP contribution in [0.2, 0.25) is 0 Å².